The Morgan fingerprint density at radius 1 is 1.12 bits per heavy atom. The topological polar surface area (TPSA) is 68.5 Å². The van der Waals surface area contributed by atoms with Crippen LogP contribution in [0.15, 0.2) is 36.4 Å². The number of ether oxygens (including phenoxy) is 2. The summed E-state index contributed by atoms with van der Waals surface area (Å²) in [6, 6.07) is 9.35. The van der Waals surface area contributed by atoms with E-state index in [1.165, 1.54) is 22.9 Å². The molecule has 33 heavy (non-hydrogen) atoms. The van der Waals surface area contributed by atoms with Crippen molar-refractivity contribution in [1.82, 2.24) is 24.9 Å². The lowest BCUT2D eigenvalue weighted by Gasteiger charge is -2.47. The second-order valence-electron chi connectivity index (χ2n) is 8.45. The van der Waals surface area contributed by atoms with Gasteiger partial charge in [-0.15, -0.1) is 18.3 Å². The maximum absolute atomic E-state index is 12.6. The van der Waals surface area contributed by atoms with E-state index in [-0.39, 0.29) is 11.4 Å². The number of fused-ring (bicyclic) bond motifs is 1. The molecule has 3 aromatic rings. The van der Waals surface area contributed by atoms with E-state index in [1.54, 1.807) is 6.07 Å². The zero-order chi connectivity index (χ0) is 23.1. The van der Waals surface area contributed by atoms with Crippen LogP contribution in [0.5, 0.6) is 5.75 Å². The summed E-state index contributed by atoms with van der Waals surface area (Å²) in [5, 5.41) is 8.21. The van der Waals surface area contributed by atoms with Crippen LogP contribution in [-0.2, 0) is 4.74 Å². The molecule has 0 saturated carbocycles. The Morgan fingerprint density at radius 2 is 1.94 bits per heavy atom. The Morgan fingerprint density at radius 3 is 2.70 bits per heavy atom. The Labute approximate surface area is 188 Å². The number of hydrogen-bond acceptors (Lipinski definition) is 7. The molecule has 1 spiro atoms. The average molecular weight is 462 g/mol. The molecule has 0 N–H and O–H groups in total. The van der Waals surface area contributed by atoms with Crippen LogP contribution in [0.3, 0.4) is 0 Å². The highest BCUT2D eigenvalue weighted by Gasteiger charge is 2.39. The highest BCUT2D eigenvalue weighted by atomic mass is 19.4. The van der Waals surface area contributed by atoms with Gasteiger partial charge in [-0.1, -0.05) is 18.2 Å². The van der Waals surface area contributed by atoms with Gasteiger partial charge in [0, 0.05) is 32.2 Å². The summed E-state index contributed by atoms with van der Waals surface area (Å²) in [4.78, 5) is 9.40. The largest absolute Gasteiger partial charge is 0.573 e. The monoisotopic (exact) mass is 462 g/mol. The van der Waals surface area contributed by atoms with Gasteiger partial charge < -0.3 is 14.4 Å². The molecule has 0 atom stereocenters. The molecule has 1 aromatic carbocycles. The summed E-state index contributed by atoms with van der Waals surface area (Å²) in [6.07, 6.45) is -2.94. The minimum atomic E-state index is -4.77. The standard InChI is InChI=1S/C22H25F3N6O2/c1-2-29-12-13-32-21(15-29)8-10-30(11-9-21)19-7-6-18-20(26-19)31(28-27-18)16-4-3-5-17(14-16)33-22(23,24)25/h3-7,14H,2,8-13,15H2,1H3. The van der Waals surface area contributed by atoms with Crippen LogP contribution in [0.1, 0.15) is 19.8 Å². The van der Waals surface area contributed by atoms with Crippen molar-refractivity contribution in [2.75, 3.05) is 44.2 Å². The number of rotatable bonds is 4. The van der Waals surface area contributed by atoms with E-state index in [2.05, 4.69) is 31.8 Å². The molecule has 0 bridgehead atoms. The number of piperidine rings is 1. The smallest absolute Gasteiger partial charge is 0.406 e. The van der Waals surface area contributed by atoms with E-state index >= 15 is 0 Å². The van der Waals surface area contributed by atoms with Crippen molar-refractivity contribution in [3.05, 3.63) is 36.4 Å². The number of benzene rings is 1. The summed E-state index contributed by atoms with van der Waals surface area (Å²) in [5.74, 6) is 0.460. The SMILES string of the molecule is CCN1CCOC2(CCN(c3ccc4nnn(-c5cccc(OC(F)(F)F)c5)c4n3)CC2)C1. The Bertz CT molecular complexity index is 1130. The fourth-order valence-corrected chi connectivity index (χ4v) is 4.60. The number of alkyl halides is 3. The number of halogens is 3. The molecule has 2 aliphatic rings. The van der Waals surface area contributed by atoms with Crippen LogP contribution in [0.2, 0.25) is 0 Å². The first-order valence-electron chi connectivity index (χ1n) is 11.0. The fraction of sp³-hybridized carbons (Fsp3) is 0.500. The zero-order valence-corrected chi connectivity index (χ0v) is 18.3. The number of nitrogens with zero attached hydrogens (tertiary/aromatic N) is 6. The maximum atomic E-state index is 12.6. The summed E-state index contributed by atoms with van der Waals surface area (Å²) < 4.78 is 49.5. The molecule has 2 fully saturated rings. The van der Waals surface area contributed by atoms with Crippen LogP contribution in [-0.4, -0.2) is 76.2 Å². The average Bonchev–Trinajstić information content (AvgIpc) is 3.22. The lowest BCUT2D eigenvalue weighted by Crippen LogP contribution is -2.56. The van der Waals surface area contributed by atoms with E-state index in [9.17, 15) is 13.2 Å². The lowest BCUT2D eigenvalue weighted by molar-refractivity contribution is -0.274. The molecule has 5 rings (SSSR count). The number of pyridine rings is 1. The van der Waals surface area contributed by atoms with Gasteiger partial charge in [-0.25, -0.2) is 4.98 Å². The van der Waals surface area contributed by atoms with Gasteiger partial charge in [-0.2, -0.15) is 4.68 Å². The Hall–Kier alpha value is -2.92. The number of likely N-dealkylation sites (N-methyl/N-ethyl adjacent to an activating group) is 1. The van der Waals surface area contributed by atoms with Gasteiger partial charge in [0.05, 0.1) is 17.9 Å². The molecule has 4 heterocycles. The molecule has 8 nitrogen and oxygen atoms in total. The van der Waals surface area contributed by atoms with Crippen LogP contribution < -0.4 is 9.64 Å². The predicted molar refractivity (Wildman–Crippen MR) is 116 cm³/mol. The van der Waals surface area contributed by atoms with Gasteiger partial charge in [0.15, 0.2) is 5.65 Å². The van der Waals surface area contributed by atoms with Crippen molar-refractivity contribution < 1.29 is 22.6 Å². The quantitative estimate of drug-likeness (QED) is 0.589. The third kappa shape index (κ3) is 4.60. The van der Waals surface area contributed by atoms with Crippen LogP contribution >= 0.6 is 0 Å². The van der Waals surface area contributed by atoms with E-state index in [4.69, 9.17) is 9.72 Å². The second kappa shape index (κ2) is 8.45. The van der Waals surface area contributed by atoms with Crippen LogP contribution in [0.4, 0.5) is 19.0 Å². The highest BCUT2D eigenvalue weighted by molar-refractivity contribution is 5.74. The van der Waals surface area contributed by atoms with Gasteiger partial charge >= 0.3 is 6.36 Å². The van der Waals surface area contributed by atoms with E-state index in [0.29, 0.717) is 16.9 Å². The zero-order valence-electron chi connectivity index (χ0n) is 18.3. The van der Waals surface area contributed by atoms with Gasteiger partial charge in [-0.3, -0.25) is 4.90 Å². The molecule has 2 aromatic heterocycles. The van der Waals surface area contributed by atoms with E-state index in [0.717, 1.165) is 58.0 Å². The first kappa shape index (κ1) is 21.9. The van der Waals surface area contributed by atoms with Gasteiger partial charge in [0.2, 0.25) is 0 Å². The normalized spacial score (nSPS) is 19.3. The number of morpholine rings is 1. The Kier molecular flexibility index (Phi) is 5.61. The van der Waals surface area contributed by atoms with Crippen molar-refractivity contribution >= 4 is 17.0 Å². The first-order valence-corrected chi connectivity index (χ1v) is 11.0. The molecule has 0 amide bonds. The lowest BCUT2D eigenvalue weighted by atomic mass is 9.89. The van der Waals surface area contributed by atoms with Crippen molar-refractivity contribution in [1.29, 1.82) is 0 Å². The van der Waals surface area contributed by atoms with Gasteiger partial charge in [-0.05, 0) is 43.7 Å². The molecule has 0 aliphatic carbocycles. The maximum Gasteiger partial charge on any atom is 0.573 e. The predicted octanol–water partition coefficient (Wildman–Crippen LogP) is 3.41. The molecule has 2 aliphatic heterocycles. The van der Waals surface area contributed by atoms with Gasteiger partial charge in [0.1, 0.15) is 17.1 Å². The highest BCUT2D eigenvalue weighted by Crippen LogP contribution is 2.32. The van der Waals surface area contributed by atoms with Crippen molar-refractivity contribution in [3.8, 4) is 11.4 Å². The van der Waals surface area contributed by atoms with Crippen molar-refractivity contribution in [3.63, 3.8) is 0 Å². The first-order chi connectivity index (χ1) is 15.8. The van der Waals surface area contributed by atoms with Crippen molar-refractivity contribution in [2.45, 2.75) is 31.7 Å². The minimum absolute atomic E-state index is 0.100. The number of aromatic nitrogens is 4. The van der Waals surface area contributed by atoms with Crippen LogP contribution in [0, 0.1) is 0 Å². The molecule has 0 unspecified atom stereocenters. The van der Waals surface area contributed by atoms with E-state index < -0.39 is 6.36 Å². The molecule has 176 valence electrons. The summed E-state index contributed by atoms with van der Waals surface area (Å²) in [5.41, 5.74) is 1.32. The fourth-order valence-electron chi connectivity index (χ4n) is 4.60. The Balaban J connectivity index is 1.37. The molecule has 0 radical (unpaired) electrons. The molecule has 11 heteroatoms. The summed E-state index contributed by atoms with van der Waals surface area (Å²) >= 11 is 0. The van der Waals surface area contributed by atoms with Gasteiger partial charge in [0.25, 0.3) is 0 Å². The second-order valence-corrected chi connectivity index (χ2v) is 8.45. The minimum Gasteiger partial charge on any atom is -0.406 e. The third-order valence-corrected chi connectivity index (χ3v) is 6.35. The van der Waals surface area contributed by atoms with E-state index in [1.807, 2.05) is 12.1 Å². The van der Waals surface area contributed by atoms with Crippen molar-refractivity contribution in [2.24, 2.45) is 0 Å². The molecular weight excluding hydrogens is 437 g/mol. The third-order valence-electron chi connectivity index (χ3n) is 6.35. The molecule has 2 saturated heterocycles. The summed E-state index contributed by atoms with van der Waals surface area (Å²) in [6.45, 7) is 7.52. The number of anilines is 1. The van der Waals surface area contributed by atoms with Crippen LogP contribution in [0.25, 0.3) is 16.9 Å². The molecular formula is C22H25F3N6O2. The number of hydrogen-bond donors (Lipinski definition) is 0. The summed E-state index contributed by atoms with van der Waals surface area (Å²) in [7, 11) is 0.